The largest absolute Gasteiger partial charge is 0.358 e. The van der Waals surface area contributed by atoms with Crippen molar-refractivity contribution in [3.05, 3.63) is 35.9 Å². The lowest BCUT2D eigenvalue weighted by Gasteiger charge is -2.14. The van der Waals surface area contributed by atoms with Crippen molar-refractivity contribution in [3.8, 4) is 0 Å². The topological polar surface area (TPSA) is 29.1 Å². The SMILES string of the molecule is O=CNCC1(c2ccccc2)CC1. The third-order valence-electron chi connectivity index (χ3n) is 2.76. The Balaban J connectivity index is 2.11. The number of hydrogen-bond donors (Lipinski definition) is 1. The maximum absolute atomic E-state index is 10.2. The molecule has 13 heavy (non-hydrogen) atoms. The molecule has 1 aromatic carbocycles. The van der Waals surface area contributed by atoms with Crippen molar-refractivity contribution in [2.45, 2.75) is 18.3 Å². The van der Waals surface area contributed by atoms with Crippen LogP contribution in [0.1, 0.15) is 18.4 Å². The molecule has 1 fully saturated rings. The van der Waals surface area contributed by atoms with Gasteiger partial charge in [0.15, 0.2) is 0 Å². The van der Waals surface area contributed by atoms with E-state index in [0.29, 0.717) is 0 Å². The molecular weight excluding hydrogens is 162 g/mol. The lowest BCUT2D eigenvalue weighted by atomic mass is 9.96. The molecule has 1 aromatic rings. The fourth-order valence-electron chi connectivity index (χ4n) is 1.75. The minimum atomic E-state index is 0.252. The van der Waals surface area contributed by atoms with Crippen LogP contribution in [-0.2, 0) is 10.2 Å². The molecule has 1 aliphatic carbocycles. The Kier molecular flexibility index (Phi) is 2.05. The van der Waals surface area contributed by atoms with E-state index in [4.69, 9.17) is 0 Å². The number of rotatable bonds is 4. The Morgan fingerprint density at radius 3 is 2.54 bits per heavy atom. The van der Waals surface area contributed by atoms with E-state index in [1.807, 2.05) is 6.07 Å². The van der Waals surface area contributed by atoms with E-state index in [1.54, 1.807) is 0 Å². The maximum Gasteiger partial charge on any atom is 0.207 e. The average Bonchev–Trinajstić information content (AvgIpc) is 2.97. The number of carbonyl (C=O) groups is 1. The first-order valence-electron chi connectivity index (χ1n) is 4.60. The van der Waals surface area contributed by atoms with Crippen LogP contribution in [-0.4, -0.2) is 13.0 Å². The normalized spacial score (nSPS) is 17.8. The summed E-state index contributed by atoms with van der Waals surface area (Å²) in [5.41, 5.74) is 1.60. The molecule has 0 spiro atoms. The van der Waals surface area contributed by atoms with Crippen LogP contribution in [0.5, 0.6) is 0 Å². The van der Waals surface area contributed by atoms with Gasteiger partial charge in [-0.15, -0.1) is 0 Å². The van der Waals surface area contributed by atoms with Gasteiger partial charge < -0.3 is 5.32 Å². The number of benzene rings is 1. The molecule has 0 bridgehead atoms. The molecule has 0 unspecified atom stereocenters. The van der Waals surface area contributed by atoms with Crippen molar-refractivity contribution < 1.29 is 4.79 Å². The summed E-state index contributed by atoms with van der Waals surface area (Å²) in [4.78, 5) is 10.2. The van der Waals surface area contributed by atoms with Crippen molar-refractivity contribution in [3.63, 3.8) is 0 Å². The van der Waals surface area contributed by atoms with Crippen LogP contribution in [0.15, 0.2) is 30.3 Å². The highest BCUT2D eigenvalue weighted by molar-refractivity contribution is 5.47. The summed E-state index contributed by atoms with van der Waals surface area (Å²) in [6.45, 7) is 0.778. The van der Waals surface area contributed by atoms with Gasteiger partial charge in [-0.1, -0.05) is 30.3 Å². The van der Waals surface area contributed by atoms with Crippen LogP contribution in [0.25, 0.3) is 0 Å². The Labute approximate surface area is 78.0 Å². The van der Waals surface area contributed by atoms with Crippen LogP contribution in [0.2, 0.25) is 0 Å². The maximum atomic E-state index is 10.2. The predicted molar refractivity (Wildman–Crippen MR) is 51.4 cm³/mol. The van der Waals surface area contributed by atoms with Gasteiger partial charge in [0, 0.05) is 12.0 Å². The first-order valence-corrected chi connectivity index (χ1v) is 4.60. The Morgan fingerprint density at radius 1 is 1.31 bits per heavy atom. The third kappa shape index (κ3) is 1.57. The highest BCUT2D eigenvalue weighted by Crippen LogP contribution is 2.47. The number of amides is 1. The minimum absolute atomic E-state index is 0.252. The molecule has 1 aliphatic rings. The second kappa shape index (κ2) is 3.21. The van der Waals surface area contributed by atoms with Gasteiger partial charge in [-0.05, 0) is 18.4 Å². The van der Waals surface area contributed by atoms with Gasteiger partial charge in [0.1, 0.15) is 0 Å². The molecule has 0 aromatic heterocycles. The van der Waals surface area contributed by atoms with Gasteiger partial charge in [-0.3, -0.25) is 4.79 Å². The summed E-state index contributed by atoms with van der Waals surface area (Å²) < 4.78 is 0. The third-order valence-corrected chi connectivity index (χ3v) is 2.76. The highest BCUT2D eigenvalue weighted by atomic mass is 16.1. The Hall–Kier alpha value is -1.31. The zero-order valence-corrected chi connectivity index (χ0v) is 7.49. The fraction of sp³-hybridized carbons (Fsp3) is 0.364. The van der Waals surface area contributed by atoms with Crippen LogP contribution in [0.4, 0.5) is 0 Å². The van der Waals surface area contributed by atoms with Crippen molar-refractivity contribution in [1.29, 1.82) is 0 Å². The lowest BCUT2D eigenvalue weighted by molar-refractivity contribution is -0.109. The van der Waals surface area contributed by atoms with Gasteiger partial charge in [-0.2, -0.15) is 0 Å². The van der Waals surface area contributed by atoms with Crippen molar-refractivity contribution in [2.75, 3.05) is 6.54 Å². The summed E-state index contributed by atoms with van der Waals surface area (Å²) >= 11 is 0. The molecular formula is C11H13NO. The van der Waals surface area contributed by atoms with Crippen LogP contribution in [0, 0.1) is 0 Å². The smallest absolute Gasteiger partial charge is 0.207 e. The predicted octanol–water partition coefficient (Wildman–Crippen LogP) is 1.46. The summed E-state index contributed by atoms with van der Waals surface area (Å²) in [6.07, 6.45) is 3.17. The summed E-state index contributed by atoms with van der Waals surface area (Å²) in [7, 11) is 0. The zero-order chi connectivity index (χ0) is 9.15. The molecule has 2 rings (SSSR count). The minimum Gasteiger partial charge on any atom is -0.358 e. The molecule has 1 N–H and O–H groups in total. The second-order valence-corrected chi connectivity index (χ2v) is 3.65. The van der Waals surface area contributed by atoms with E-state index in [-0.39, 0.29) is 5.41 Å². The monoisotopic (exact) mass is 175 g/mol. The van der Waals surface area contributed by atoms with E-state index >= 15 is 0 Å². The van der Waals surface area contributed by atoms with Crippen molar-refractivity contribution in [2.24, 2.45) is 0 Å². The van der Waals surface area contributed by atoms with Crippen molar-refractivity contribution in [1.82, 2.24) is 5.32 Å². The number of carbonyl (C=O) groups excluding carboxylic acids is 1. The quantitative estimate of drug-likeness (QED) is 0.690. The van der Waals surface area contributed by atoms with Crippen LogP contribution < -0.4 is 5.32 Å². The van der Waals surface area contributed by atoms with Crippen LogP contribution >= 0.6 is 0 Å². The molecule has 0 heterocycles. The molecule has 0 radical (unpaired) electrons. The molecule has 1 amide bonds. The van der Waals surface area contributed by atoms with E-state index < -0.39 is 0 Å². The zero-order valence-electron chi connectivity index (χ0n) is 7.49. The number of nitrogens with one attached hydrogen (secondary N) is 1. The highest BCUT2D eigenvalue weighted by Gasteiger charge is 2.43. The van der Waals surface area contributed by atoms with Crippen molar-refractivity contribution >= 4 is 6.41 Å². The molecule has 68 valence electrons. The average molecular weight is 175 g/mol. The Morgan fingerprint density at radius 2 is 2.00 bits per heavy atom. The molecule has 0 atom stereocenters. The van der Waals surface area contributed by atoms with Crippen LogP contribution in [0.3, 0.4) is 0 Å². The van der Waals surface area contributed by atoms with Gasteiger partial charge >= 0.3 is 0 Å². The van der Waals surface area contributed by atoms with E-state index in [0.717, 1.165) is 13.0 Å². The van der Waals surface area contributed by atoms with Gasteiger partial charge in [0.2, 0.25) is 6.41 Å². The molecule has 2 nitrogen and oxygen atoms in total. The standard InChI is InChI=1S/C11H13NO/c13-9-12-8-11(6-7-11)10-4-2-1-3-5-10/h1-5,9H,6-8H2,(H,12,13). The Bertz CT molecular complexity index is 290. The van der Waals surface area contributed by atoms with Gasteiger partial charge in [-0.25, -0.2) is 0 Å². The molecule has 1 saturated carbocycles. The number of hydrogen-bond acceptors (Lipinski definition) is 1. The molecule has 0 saturated heterocycles. The fourth-order valence-corrected chi connectivity index (χ4v) is 1.75. The van der Waals surface area contributed by atoms with Gasteiger partial charge in [0.05, 0.1) is 0 Å². The van der Waals surface area contributed by atoms with E-state index in [9.17, 15) is 4.79 Å². The first kappa shape index (κ1) is 8.30. The summed E-state index contributed by atoms with van der Waals surface area (Å²) in [5.74, 6) is 0. The second-order valence-electron chi connectivity index (χ2n) is 3.65. The van der Waals surface area contributed by atoms with E-state index in [1.165, 1.54) is 18.4 Å². The van der Waals surface area contributed by atoms with Gasteiger partial charge in [0.25, 0.3) is 0 Å². The lowest BCUT2D eigenvalue weighted by Crippen LogP contribution is -2.25. The first-order chi connectivity index (χ1) is 6.37. The summed E-state index contributed by atoms with van der Waals surface area (Å²) in [5, 5.41) is 2.77. The molecule has 2 heteroatoms. The summed E-state index contributed by atoms with van der Waals surface area (Å²) in [6, 6.07) is 10.4. The molecule has 0 aliphatic heterocycles. The van der Waals surface area contributed by atoms with E-state index in [2.05, 4.69) is 29.6 Å².